The number of carbonyl (C=O) groups excluding carboxylic acids is 1. The molecule has 4 nitrogen and oxygen atoms in total. The fourth-order valence-corrected chi connectivity index (χ4v) is 2.00. The molecular weight excluding hydrogens is 314 g/mol. The Labute approximate surface area is 138 Å². The Hall–Kier alpha value is -2.76. The highest BCUT2D eigenvalue weighted by Gasteiger charge is 2.04. The third-order valence-corrected chi connectivity index (χ3v) is 2.99. The standard InChI is InChI=1S/C18H18F2N2O2/c1-13(2)21-16-5-3-4-12-22(16)17(23)11-8-14-6-9-15(10-7-14)24-18(19)20/h3-13,18H,1-2H3/b11-8+,21-16?. The molecule has 0 spiro atoms. The first-order valence-corrected chi connectivity index (χ1v) is 7.44. The van der Waals surface area contributed by atoms with E-state index in [-0.39, 0.29) is 17.7 Å². The normalized spacial score (nSPS) is 12.3. The van der Waals surface area contributed by atoms with Crippen LogP contribution in [0.25, 0.3) is 6.08 Å². The largest absolute Gasteiger partial charge is 0.435 e. The van der Waals surface area contributed by atoms with Crippen molar-refractivity contribution in [1.82, 2.24) is 4.57 Å². The predicted octanol–water partition coefficient (Wildman–Crippen LogP) is 3.75. The molecule has 2 rings (SSSR count). The molecule has 0 amide bonds. The van der Waals surface area contributed by atoms with Crippen molar-refractivity contribution in [2.45, 2.75) is 26.5 Å². The molecule has 6 heteroatoms. The van der Waals surface area contributed by atoms with Crippen LogP contribution in [0.1, 0.15) is 24.2 Å². The number of halogens is 2. The number of allylic oxidation sites excluding steroid dienone is 1. The second kappa shape index (κ2) is 8.19. The van der Waals surface area contributed by atoms with Crippen molar-refractivity contribution < 1.29 is 18.3 Å². The molecule has 0 aliphatic carbocycles. The van der Waals surface area contributed by atoms with E-state index >= 15 is 0 Å². The van der Waals surface area contributed by atoms with Gasteiger partial charge in [0.1, 0.15) is 11.2 Å². The summed E-state index contributed by atoms with van der Waals surface area (Å²) in [6.07, 6.45) is 4.66. The summed E-state index contributed by atoms with van der Waals surface area (Å²) in [4.78, 5) is 16.7. The molecule has 0 radical (unpaired) electrons. The topological polar surface area (TPSA) is 43.6 Å². The molecular formula is C18H18F2N2O2. The Morgan fingerprint density at radius 3 is 2.50 bits per heavy atom. The summed E-state index contributed by atoms with van der Waals surface area (Å²) < 4.78 is 29.9. The SMILES string of the molecule is CC(C)N=c1ccccn1C(=O)/C=C/c1ccc(OC(F)F)cc1. The van der Waals surface area contributed by atoms with Crippen molar-refractivity contribution in [2.24, 2.45) is 4.99 Å². The summed E-state index contributed by atoms with van der Waals surface area (Å²) in [5.41, 5.74) is 1.27. The van der Waals surface area contributed by atoms with Crippen LogP contribution in [0.5, 0.6) is 5.75 Å². The highest BCUT2D eigenvalue weighted by atomic mass is 19.3. The summed E-state index contributed by atoms with van der Waals surface area (Å²) in [5, 5.41) is 0. The zero-order valence-electron chi connectivity index (χ0n) is 13.4. The maximum absolute atomic E-state index is 12.3. The van der Waals surface area contributed by atoms with E-state index in [1.54, 1.807) is 36.5 Å². The fourth-order valence-electron chi connectivity index (χ4n) is 2.00. The maximum Gasteiger partial charge on any atom is 0.387 e. The van der Waals surface area contributed by atoms with Gasteiger partial charge in [-0.15, -0.1) is 0 Å². The third kappa shape index (κ3) is 5.15. The van der Waals surface area contributed by atoms with Crippen LogP contribution in [-0.2, 0) is 0 Å². The van der Waals surface area contributed by atoms with Gasteiger partial charge in [-0.2, -0.15) is 8.78 Å². The summed E-state index contributed by atoms with van der Waals surface area (Å²) in [5.74, 6) is -0.174. The molecule has 0 fully saturated rings. The molecule has 0 N–H and O–H groups in total. The van der Waals surface area contributed by atoms with Crippen molar-refractivity contribution in [2.75, 3.05) is 0 Å². The van der Waals surface area contributed by atoms with E-state index in [2.05, 4.69) is 9.73 Å². The number of aromatic nitrogens is 1. The van der Waals surface area contributed by atoms with Crippen LogP contribution in [0.4, 0.5) is 8.78 Å². The lowest BCUT2D eigenvalue weighted by Gasteiger charge is -2.05. The lowest BCUT2D eigenvalue weighted by molar-refractivity contribution is -0.0498. The highest BCUT2D eigenvalue weighted by molar-refractivity contribution is 5.93. The predicted molar refractivity (Wildman–Crippen MR) is 87.9 cm³/mol. The Balaban J connectivity index is 2.17. The van der Waals surface area contributed by atoms with Crippen molar-refractivity contribution in [1.29, 1.82) is 0 Å². The number of carbonyl (C=O) groups is 1. The van der Waals surface area contributed by atoms with Gasteiger partial charge in [-0.1, -0.05) is 18.2 Å². The Morgan fingerprint density at radius 1 is 1.17 bits per heavy atom. The van der Waals surface area contributed by atoms with E-state index in [0.717, 1.165) is 0 Å². The molecule has 0 bridgehead atoms. The third-order valence-electron chi connectivity index (χ3n) is 2.99. The number of ether oxygens (including phenoxy) is 1. The average molecular weight is 332 g/mol. The second-order valence-corrected chi connectivity index (χ2v) is 5.27. The summed E-state index contributed by atoms with van der Waals surface area (Å²) in [7, 11) is 0. The molecule has 2 aromatic rings. The fraction of sp³-hybridized carbons (Fsp3) is 0.222. The molecule has 0 aliphatic heterocycles. The smallest absolute Gasteiger partial charge is 0.387 e. The van der Waals surface area contributed by atoms with Gasteiger partial charge in [0.15, 0.2) is 0 Å². The van der Waals surface area contributed by atoms with Gasteiger partial charge in [-0.05, 0) is 49.8 Å². The minimum atomic E-state index is -2.86. The monoisotopic (exact) mass is 332 g/mol. The lowest BCUT2D eigenvalue weighted by Crippen LogP contribution is -2.26. The number of alkyl halides is 2. The van der Waals surface area contributed by atoms with E-state index in [1.165, 1.54) is 22.8 Å². The van der Waals surface area contributed by atoms with Crippen molar-refractivity contribution in [3.05, 3.63) is 65.8 Å². The van der Waals surface area contributed by atoms with Crippen molar-refractivity contribution in [3.8, 4) is 5.75 Å². The van der Waals surface area contributed by atoms with Crippen LogP contribution in [0.2, 0.25) is 0 Å². The van der Waals surface area contributed by atoms with Crippen LogP contribution in [0.15, 0.2) is 59.7 Å². The van der Waals surface area contributed by atoms with Gasteiger partial charge in [-0.3, -0.25) is 14.4 Å². The summed E-state index contributed by atoms with van der Waals surface area (Å²) >= 11 is 0. The van der Waals surface area contributed by atoms with Gasteiger partial charge in [-0.25, -0.2) is 0 Å². The number of nitrogens with zero attached hydrogens (tertiary/aromatic N) is 2. The molecule has 1 aromatic carbocycles. The van der Waals surface area contributed by atoms with Crippen LogP contribution < -0.4 is 10.2 Å². The molecule has 0 saturated heterocycles. The number of hydrogen-bond acceptors (Lipinski definition) is 3. The van der Waals surface area contributed by atoms with Crippen LogP contribution in [-0.4, -0.2) is 23.1 Å². The first-order valence-electron chi connectivity index (χ1n) is 7.44. The maximum atomic E-state index is 12.3. The number of pyridine rings is 1. The van der Waals surface area contributed by atoms with Gasteiger partial charge in [0.25, 0.3) is 5.91 Å². The average Bonchev–Trinajstić information content (AvgIpc) is 2.53. The quantitative estimate of drug-likeness (QED) is 0.783. The van der Waals surface area contributed by atoms with Gasteiger partial charge >= 0.3 is 6.61 Å². The minimum Gasteiger partial charge on any atom is -0.435 e. The van der Waals surface area contributed by atoms with Crippen LogP contribution in [0, 0.1) is 0 Å². The molecule has 0 aliphatic rings. The van der Waals surface area contributed by atoms with E-state index < -0.39 is 6.61 Å². The molecule has 0 unspecified atom stereocenters. The van der Waals surface area contributed by atoms with Gasteiger partial charge in [0.05, 0.1) is 0 Å². The van der Waals surface area contributed by atoms with Gasteiger partial charge < -0.3 is 4.74 Å². The molecule has 126 valence electrons. The van der Waals surface area contributed by atoms with E-state index in [9.17, 15) is 13.6 Å². The second-order valence-electron chi connectivity index (χ2n) is 5.27. The van der Waals surface area contributed by atoms with Crippen LogP contribution >= 0.6 is 0 Å². The van der Waals surface area contributed by atoms with E-state index in [0.29, 0.717) is 11.1 Å². The molecule has 24 heavy (non-hydrogen) atoms. The Morgan fingerprint density at radius 2 is 1.88 bits per heavy atom. The first kappa shape index (κ1) is 17.6. The van der Waals surface area contributed by atoms with E-state index in [1.807, 2.05) is 19.9 Å². The molecule has 0 atom stereocenters. The first-order chi connectivity index (χ1) is 11.5. The number of hydrogen-bond donors (Lipinski definition) is 0. The van der Waals surface area contributed by atoms with Gasteiger partial charge in [0.2, 0.25) is 0 Å². The van der Waals surface area contributed by atoms with Crippen molar-refractivity contribution >= 4 is 12.0 Å². The molecule has 1 aromatic heterocycles. The zero-order valence-corrected chi connectivity index (χ0v) is 13.4. The Bertz CT molecular complexity index is 778. The highest BCUT2D eigenvalue weighted by Crippen LogP contribution is 2.15. The zero-order chi connectivity index (χ0) is 17.5. The number of rotatable bonds is 5. The Kier molecular flexibility index (Phi) is 6.01. The van der Waals surface area contributed by atoms with Crippen molar-refractivity contribution in [3.63, 3.8) is 0 Å². The van der Waals surface area contributed by atoms with Gasteiger partial charge in [0, 0.05) is 18.3 Å². The molecule has 0 saturated carbocycles. The lowest BCUT2D eigenvalue weighted by atomic mass is 10.2. The van der Waals surface area contributed by atoms with E-state index in [4.69, 9.17) is 0 Å². The molecule has 1 heterocycles. The minimum absolute atomic E-state index is 0.0674. The number of benzene rings is 1. The van der Waals surface area contributed by atoms with Crippen LogP contribution in [0.3, 0.4) is 0 Å². The summed E-state index contributed by atoms with van der Waals surface area (Å²) in [6, 6.07) is 11.4. The summed E-state index contributed by atoms with van der Waals surface area (Å²) in [6.45, 7) is 1.01.